The minimum atomic E-state index is 0.291. The van der Waals surface area contributed by atoms with Crippen LogP contribution in [-0.4, -0.2) is 43.2 Å². The Labute approximate surface area is 180 Å². The normalized spacial score (nSPS) is 15.8. The summed E-state index contributed by atoms with van der Waals surface area (Å²) in [4.78, 5) is 7.28. The highest BCUT2D eigenvalue weighted by Gasteiger charge is 2.29. The summed E-state index contributed by atoms with van der Waals surface area (Å²) in [5.41, 5.74) is 5.21. The van der Waals surface area contributed by atoms with Gasteiger partial charge in [-0.1, -0.05) is 84.9 Å². The van der Waals surface area contributed by atoms with E-state index >= 15 is 0 Å². The van der Waals surface area contributed by atoms with Crippen molar-refractivity contribution >= 4 is 11.8 Å². The van der Waals surface area contributed by atoms with Crippen molar-refractivity contribution in [2.24, 2.45) is 0 Å². The molecule has 1 saturated heterocycles. The van der Waals surface area contributed by atoms with Crippen LogP contribution in [0.1, 0.15) is 16.7 Å². The summed E-state index contributed by atoms with van der Waals surface area (Å²) in [7, 11) is 4.15. The average molecular weight is 398 g/mol. The van der Waals surface area contributed by atoms with Crippen molar-refractivity contribution in [2.75, 3.05) is 32.1 Å². The van der Waals surface area contributed by atoms with Crippen LogP contribution in [0, 0.1) is 0 Å². The number of nitrogens with zero attached hydrogens (tertiary/aromatic N) is 3. The summed E-state index contributed by atoms with van der Waals surface area (Å²) in [6.07, 6.45) is 4.92. The standard InChI is InChI=1S/C27H31N3/c1-28(2)26-16-13-23(14-17-26)15-18-27-29(21-24-9-5-3-6-10-24)19-20-30(27)22-25-11-7-4-8-12-25/h3-18,27H,19-22H2,1-2H3/b18-15+. The smallest absolute Gasteiger partial charge is 0.0824 e. The Morgan fingerprint density at radius 3 is 1.70 bits per heavy atom. The van der Waals surface area contributed by atoms with Gasteiger partial charge in [-0.15, -0.1) is 0 Å². The lowest BCUT2D eigenvalue weighted by atomic mass is 10.1. The van der Waals surface area contributed by atoms with Crippen LogP contribution in [-0.2, 0) is 13.1 Å². The molecule has 0 atom stereocenters. The molecule has 0 spiro atoms. The Bertz CT molecular complexity index is 883. The molecule has 1 aliphatic rings. The third-order valence-electron chi connectivity index (χ3n) is 5.75. The van der Waals surface area contributed by atoms with Gasteiger partial charge in [-0.25, -0.2) is 0 Å². The number of benzene rings is 3. The van der Waals surface area contributed by atoms with Crippen LogP contribution in [0.3, 0.4) is 0 Å². The summed E-state index contributed by atoms with van der Waals surface area (Å²) in [5, 5.41) is 0. The van der Waals surface area contributed by atoms with E-state index in [1.807, 2.05) is 0 Å². The lowest BCUT2D eigenvalue weighted by molar-refractivity contribution is 0.168. The Morgan fingerprint density at radius 2 is 1.23 bits per heavy atom. The lowest BCUT2D eigenvalue weighted by Crippen LogP contribution is -2.36. The first-order valence-electron chi connectivity index (χ1n) is 10.7. The molecular weight excluding hydrogens is 366 g/mol. The highest BCUT2D eigenvalue weighted by molar-refractivity contribution is 5.55. The first-order chi connectivity index (χ1) is 14.7. The van der Waals surface area contributed by atoms with E-state index in [1.165, 1.54) is 22.4 Å². The zero-order valence-corrected chi connectivity index (χ0v) is 18.0. The fourth-order valence-corrected chi connectivity index (χ4v) is 4.06. The molecule has 1 fully saturated rings. The largest absolute Gasteiger partial charge is 0.378 e. The van der Waals surface area contributed by atoms with E-state index < -0.39 is 0 Å². The lowest BCUT2D eigenvalue weighted by Gasteiger charge is -2.28. The highest BCUT2D eigenvalue weighted by atomic mass is 15.4. The Hall–Kier alpha value is -2.88. The second kappa shape index (κ2) is 9.75. The first-order valence-corrected chi connectivity index (χ1v) is 10.7. The zero-order chi connectivity index (χ0) is 20.8. The summed E-state index contributed by atoms with van der Waals surface area (Å²) in [6.45, 7) is 4.11. The molecule has 0 aliphatic carbocycles. The zero-order valence-electron chi connectivity index (χ0n) is 18.0. The molecule has 1 aliphatic heterocycles. The van der Waals surface area contributed by atoms with Crippen molar-refractivity contribution in [1.29, 1.82) is 0 Å². The Kier molecular flexibility index (Phi) is 6.63. The molecule has 0 unspecified atom stereocenters. The molecule has 3 aromatic carbocycles. The molecule has 4 rings (SSSR count). The monoisotopic (exact) mass is 397 g/mol. The molecule has 0 saturated carbocycles. The second-order valence-electron chi connectivity index (χ2n) is 8.17. The fraction of sp³-hybridized carbons (Fsp3) is 0.259. The molecule has 3 heteroatoms. The van der Waals surface area contributed by atoms with Gasteiger partial charge in [0, 0.05) is 46.0 Å². The highest BCUT2D eigenvalue weighted by Crippen LogP contribution is 2.23. The van der Waals surface area contributed by atoms with E-state index in [0.29, 0.717) is 6.17 Å². The van der Waals surface area contributed by atoms with Crippen LogP contribution in [0.25, 0.3) is 6.08 Å². The summed E-state index contributed by atoms with van der Waals surface area (Å²) < 4.78 is 0. The van der Waals surface area contributed by atoms with E-state index in [-0.39, 0.29) is 0 Å². The van der Waals surface area contributed by atoms with Gasteiger partial charge in [0.2, 0.25) is 0 Å². The minimum absolute atomic E-state index is 0.291. The van der Waals surface area contributed by atoms with Crippen LogP contribution >= 0.6 is 0 Å². The van der Waals surface area contributed by atoms with Gasteiger partial charge in [0.15, 0.2) is 0 Å². The van der Waals surface area contributed by atoms with E-state index in [4.69, 9.17) is 0 Å². The second-order valence-corrected chi connectivity index (χ2v) is 8.17. The van der Waals surface area contributed by atoms with Crippen LogP contribution in [0.15, 0.2) is 91.0 Å². The van der Waals surface area contributed by atoms with E-state index in [2.05, 4.69) is 126 Å². The van der Waals surface area contributed by atoms with E-state index in [9.17, 15) is 0 Å². The van der Waals surface area contributed by atoms with Gasteiger partial charge in [-0.3, -0.25) is 9.80 Å². The molecule has 0 bridgehead atoms. The quantitative estimate of drug-likeness (QED) is 0.548. The molecule has 3 nitrogen and oxygen atoms in total. The third-order valence-corrected chi connectivity index (χ3v) is 5.75. The Balaban J connectivity index is 1.53. The molecular formula is C27H31N3. The molecule has 30 heavy (non-hydrogen) atoms. The predicted molar refractivity (Wildman–Crippen MR) is 127 cm³/mol. The number of rotatable bonds is 7. The number of hydrogen-bond donors (Lipinski definition) is 0. The van der Waals surface area contributed by atoms with Gasteiger partial charge >= 0.3 is 0 Å². The molecule has 1 heterocycles. The van der Waals surface area contributed by atoms with Crippen molar-refractivity contribution in [1.82, 2.24) is 9.80 Å². The van der Waals surface area contributed by atoms with Crippen LogP contribution in [0.2, 0.25) is 0 Å². The summed E-state index contributed by atoms with van der Waals surface area (Å²) in [5.74, 6) is 0. The molecule has 0 N–H and O–H groups in total. The van der Waals surface area contributed by atoms with Gasteiger partial charge < -0.3 is 4.90 Å². The minimum Gasteiger partial charge on any atom is -0.378 e. The van der Waals surface area contributed by atoms with Crippen molar-refractivity contribution < 1.29 is 0 Å². The fourth-order valence-electron chi connectivity index (χ4n) is 4.06. The first kappa shape index (κ1) is 20.4. The van der Waals surface area contributed by atoms with Crippen molar-refractivity contribution in [3.63, 3.8) is 0 Å². The molecule has 0 amide bonds. The maximum absolute atomic E-state index is 2.57. The van der Waals surface area contributed by atoms with Gasteiger partial charge in [0.05, 0.1) is 6.17 Å². The summed E-state index contributed by atoms with van der Waals surface area (Å²) >= 11 is 0. The predicted octanol–water partition coefficient (Wildman–Crippen LogP) is 5.11. The maximum atomic E-state index is 2.57. The number of anilines is 1. The molecule has 0 radical (unpaired) electrons. The van der Waals surface area contributed by atoms with Crippen molar-refractivity contribution in [3.05, 3.63) is 108 Å². The van der Waals surface area contributed by atoms with Crippen LogP contribution in [0.4, 0.5) is 5.69 Å². The Morgan fingerprint density at radius 1 is 0.733 bits per heavy atom. The van der Waals surface area contributed by atoms with Gasteiger partial charge in [-0.2, -0.15) is 0 Å². The van der Waals surface area contributed by atoms with Gasteiger partial charge in [0.1, 0.15) is 0 Å². The topological polar surface area (TPSA) is 9.72 Å². The van der Waals surface area contributed by atoms with Gasteiger partial charge in [-0.05, 0) is 28.8 Å². The van der Waals surface area contributed by atoms with Gasteiger partial charge in [0.25, 0.3) is 0 Å². The third kappa shape index (κ3) is 5.18. The number of hydrogen-bond acceptors (Lipinski definition) is 3. The summed E-state index contributed by atoms with van der Waals surface area (Å²) in [6, 6.07) is 30.3. The van der Waals surface area contributed by atoms with Crippen LogP contribution in [0.5, 0.6) is 0 Å². The van der Waals surface area contributed by atoms with E-state index in [1.54, 1.807) is 0 Å². The van der Waals surface area contributed by atoms with Crippen molar-refractivity contribution in [3.8, 4) is 0 Å². The molecule has 154 valence electrons. The average Bonchev–Trinajstić information content (AvgIpc) is 3.15. The van der Waals surface area contributed by atoms with Crippen LogP contribution < -0.4 is 4.90 Å². The maximum Gasteiger partial charge on any atom is 0.0824 e. The van der Waals surface area contributed by atoms with Crippen molar-refractivity contribution in [2.45, 2.75) is 19.3 Å². The van der Waals surface area contributed by atoms with E-state index in [0.717, 1.165) is 26.2 Å². The molecule has 0 aromatic heterocycles. The molecule has 3 aromatic rings. The SMILES string of the molecule is CN(C)c1ccc(/C=C/C2N(Cc3ccccc3)CCN2Cc2ccccc2)cc1.